The van der Waals surface area contributed by atoms with E-state index in [0.717, 1.165) is 5.56 Å². The van der Waals surface area contributed by atoms with Crippen molar-refractivity contribution in [2.24, 2.45) is 0 Å². The average Bonchev–Trinajstić information content (AvgIpc) is 3.27. The van der Waals surface area contributed by atoms with Crippen LogP contribution in [0.1, 0.15) is 11.9 Å². The Labute approximate surface area is 111 Å². The predicted octanol–water partition coefficient (Wildman–Crippen LogP) is 1.24. The van der Waals surface area contributed by atoms with Crippen molar-refractivity contribution in [2.45, 2.75) is 37.0 Å². The molecule has 0 aromatic heterocycles. The molecule has 0 N–H and O–H groups in total. The second-order valence-corrected chi connectivity index (χ2v) is 5.02. The average molecular weight is 264 g/mol. The van der Waals surface area contributed by atoms with Crippen LogP contribution in [-0.4, -0.2) is 44.4 Å². The van der Waals surface area contributed by atoms with Crippen molar-refractivity contribution in [3.8, 4) is 0 Å². The normalized spacial score (nSPS) is 44.3. The van der Waals surface area contributed by atoms with Crippen LogP contribution < -0.4 is 0 Å². The second-order valence-electron chi connectivity index (χ2n) is 5.02. The first-order valence-electron chi connectivity index (χ1n) is 6.52. The van der Waals surface area contributed by atoms with E-state index < -0.39 is 0 Å². The van der Waals surface area contributed by atoms with E-state index in [0.29, 0.717) is 6.61 Å². The molecule has 1 aromatic rings. The molecule has 3 aliphatic heterocycles. The highest BCUT2D eigenvalue weighted by molar-refractivity contribution is 5.17. The number of methoxy groups -OCH3 is 1. The standard InChI is InChI=1S/C14H16O5/c1-15-14-12-11(18-12)10-9(17-14)7-16-13(19-10)8-5-3-2-4-6-8/h2-6,9-14H,7H2,1H3/t9-,10-,11-,12-,13?,14+/m1/s1. The summed E-state index contributed by atoms with van der Waals surface area (Å²) in [5.74, 6) is 0. The van der Waals surface area contributed by atoms with Crippen molar-refractivity contribution in [1.82, 2.24) is 0 Å². The molecule has 5 heteroatoms. The van der Waals surface area contributed by atoms with Crippen LogP contribution in [0, 0.1) is 0 Å². The summed E-state index contributed by atoms with van der Waals surface area (Å²) in [7, 11) is 1.63. The van der Waals surface area contributed by atoms with Crippen molar-refractivity contribution in [3.63, 3.8) is 0 Å². The minimum absolute atomic E-state index is 0.000716. The van der Waals surface area contributed by atoms with E-state index in [4.69, 9.17) is 23.7 Å². The van der Waals surface area contributed by atoms with Crippen LogP contribution in [0.2, 0.25) is 0 Å². The second kappa shape index (κ2) is 4.54. The molecular weight excluding hydrogens is 248 g/mol. The monoisotopic (exact) mass is 264 g/mol. The summed E-state index contributed by atoms with van der Waals surface area (Å²) >= 11 is 0. The van der Waals surface area contributed by atoms with Gasteiger partial charge in [0.15, 0.2) is 12.6 Å². The lowest BCUT2D eigenvalue weighted by molar-refractivity contribution is -0.304. The largest absolute Gasteiger partial charge is 0.361 e. The predicted molar refractivity (Wildman–Crippen MR) is 64.3 cm³/mol. The first-order chi connectivity index (χ1) is 9.36. The lowest BCUT2D eigenvalue weighted by Gasteiger charge is -2.39. The molecule has 0 bridgehead atoms. The summed E-state index contributed by atoms with van der Waals surface area (Å²) in [5, 5.41) is 0. The molecule has 102 valence electrons. The summed E-state index contributed by atoms with van der Waals surface area (Å²) in [6.07, 6.45) is -0.759. The fourth-order valence-electron chi connectivity index (χ4n) is 2.80. The smallest absolute Gasteiger partial charge is 0.186 e. The summed E-state index contributed by atoms with van der Waals surface area (Å²) < 4.78 is 28.4. The van der Waals surface area contributed by atoms with Crippen molar-refractivity contribution >= 4 is 0 Å². The molecule has 3 aliphatic rings. The first-order valence-corrected chi connectivity index (χ1v) is 6.52. The maximum absolute atomic E-state index is 6.00. The van der Waals surface area contributed by atoms with Crippen molar-refractivity contribution in [1.29, 1.82) is 0 Å². The lowest BCUT2D eigenvalue weighted by Crippen LogP contribution is -2.52. The van der Waals surface area contributed by atoms with Gasteiger partial charge >= 0.3 is 0 Å². The van der Waals surface area contributed by atoms with Crippen LogP contribution in [0.3, 0.4) is 0 Å². The summed E-state index contributed by atoms with van der Waals surface area (Å²) in [4.78, 5) is 0. The quantitative estimate of drug-likeness (QED) is 0.752. The van der Waals surface area contributed by atoms with Gasteiger partial charge < -0.3 is 23.7 Å². The Kier molecular flexibility index (Phi) is 2.82. The van der Waals surface area contributed by atoms with Gasteiger partial charge in [0.05, 0.1) is 6.61 Å². The summed E-state index contributed by atoms with van der Waals surface area (Å²) in [6.45, 7) is 0.497. The van der Waals surface area contributed by atoms with Gasteiger partial charge in [-0.25, -0.2) is 0 Å². The Bertz CT molecular complexity index is 450. The van der Waals surface area contributed by atoms with E-state index >= 15 is 0 Å². The zero-order valence-corrected chi connectivity index (χ0v) is 10.6. The zero-order chi connectivity index (χ0) is 12.8. The molecule has 1 unspecified atom stereocenters. The van der Waals surface area contributed by atoms with Gasteiger partial charge in [-0.15, -0.1) is 0 Å². The highest BCUT2D eigenvalue weighted by atomic mass is 16.8. The fraction of sp³-hybridized carbons (Fsp3) is 0.571. The minimum Gasteiger partial charge on any atom is -0.361 e. The molecule has 0 spiro atoms. The molecule has 0 saturated carbocycles. The van der Waals surface area contributed by atoms with Gasteiger partial charge in [-0.2, -0.15) is 0 Å². The molecule has 1 aromatic carbocycles. The van der Waals surface area contributed by atoms with Crippen molar-refractivity contribution < 1.29 is 23.7 Å². The van der Waals surface area contributed by atoms with Crippen LogP contribution in [0.5, 0.6) is 0 Å². The van der Waals surface area contributed by atoms with E-state index in [1.165, 1.54) is 0 Å². The molecule has 3 saturated heterocycles. The Morgan fingerprint density at radius 3 is 2.63 bits per heavy atom. The molecular formula is C14H16O5. The maximum atomic E-state index is 6.00. The van der Waals surface area contributed by atoms with Crippen LogP contribution in [0.15, 0.2) is 30.3 Å². The van der Waals surface area contributed by atoms with E-state index in [1.807, 2.05) is 30.3 Å². The van der Waals surface area contributed by atoms with Gasteiger partial charge in [0.25, 0.3) is 0 Å². The Morgan fingerprint density at radius 1 is 1.00 bits per heavy atom. The van der Waals surface area contributed by atoms with E-state index in [1.54, 1.807) is 7.11 Å². The highest BCUT2D eigenvalue weighted by Gasteiger charge is 2.60. The fourth-order valence-corrected chi connectivity index (χ4v) is 2.80. The number of benzene rings is 1. The molecule has 3 heterocycles. The number of epoxide rings is 1. The number of hydrogen-bond acceptors (Lipinski definition) is 5. The molecule has 5 nitrogen and oxygen atoms in total. The van der Waals surface area contributed by atoms with E-state index in [2.05, 4.69) is 0 Å². The van der Waals surface area contributed by atoms with Gasteiger partial charge in [-0.05, 0) is 0 Å². The third kappa shape index (κ3) is 1.98. The molecule has 0 amide bonds. The Hall–Kier alpha value is -0.980. The third-order valence-electron chi connectivity index (χ3n) is 3.83. The van der Waals surface area contributed by atoms with Crippen LogP contribution in [0.25, 0.3) is 0 Å². The molecule has 3 fully saturated rings. The molecule has 19 heavy (non-hydrogen) atoms. The minimum atomic E-state index is -0.338. The topological polar surface area (TPSA) is 49.5 Å². The number of fused-ring (bicyclic) bond motifs is 3. The van der Waals surface area contributed by atoms with Crippen LogP contribution >= 0.6 is 0 Å². The molecule has 6 atom stereocenters. The maximum Gasteiger partial charge on any atom is 0.186 e. The SMILES string of the molecule is CO[C@H]1O[C@@H]2COC(c3ccccc3)O[C@H]2[C@H]2O[C@@H]12. The number of ether oxygens (including phenoxy) is 5. The summed E-state index contributed by atoms with van der Waals surface area (Å²) in [6, 6.07) is 9.92. The van der Waals surface area contributed by atoms with Gasteiger partial charge in [0.1, 0.15) is 24.4 Å². The van der Waals surface area contributed by atoms with Crippen molar-refractivity contribution in [2.75, 3.05) is 13.7 Å². The number of rotatable bonds is 2. The molecule has 0 radical (unpaired) electrons. The lowest BCUT2D eigenvalue weighted by atomic mass is 10.0. The first kappa shape index (κ1) is 11.8. The van der Waals surface area contributed by atoms with Gasteiger partial charge in [-0.3, -0.25) is 0 Å². The Morgan fingerprint density at radius 2 is 1.84 bits per heavy atom. The van der Waals surface area contributed by atoms with Gasteiger partial charge in [0.2, 0.25) is 0 Å². The van der Waals surface area contributed by atoms with Gasteiger partial charge in [-0.1, -0.05) is 30.3 Å². The summed E-state index contributed by atoms with van der Waals surface area (Å²) in [5.41, 5.74) is 1.02. The molecule has 4 rings (SSSR count). The van der Waals surface area contributed by atoms with Crippen LogP contribution in [-0.2, 0) is 23.7 Å². The van der Waals surface area contributed by atoms with E-state index in [9.17, 15) is 0 Å². The van der Waals surface area contributed by atoms with Crippen LogP contribution in [0.4, 0.5) is 0 Å². The van der Waals surface area contributed by atoms with Crippen molar-refractivity contribution in [3.05, 3.63) is 35.9 Å². The highest BCUT2D eigenvalue weighted by Crippen LogP contribution is 2.43. The Balaban J connectivity index is 1.50. The van der Waals surface area contributed by atoms with E-state index in [-0.39, 0.29) is 37.0 Å². The third-order valence-corrected chi connectivity index (χ3v) is 3.83. The zero-order valence-electron chi connectivity index (χ0n) is 10.6. The number of hydrogen-bond donors (Lipinski definition) is 0. The van der Waals surface area contributed by atoms with Gasteiger partial charge in [0, 0.05) is 12.7 Å². The molecule has 0 aliphatic carbocycles.